The summed E-state index contributed by atoms with van der Waals surface area (Å²) in [7, 11) is 1.30. The molecule has 0 radical (unpaired) electrons. The third-order valence-corrected chi connectivity index (χ3v) is 8.04. The first kappa shape index (κ1) is 28.9. The standard InChI is InChI=1S/C34H35N7O3/c1-21(2)30(40-34(43)44-3)33(42)41-17-7-10-29(41)32-35-19-28(39-32)23-13-11-22(12-14-23)24-15-16-27-26(18-24)31(37-20-36-27)38-25-8-5-4-6-9-25/h4-6,8-9,11-16,18-21,29-30H,7,10,17H2,1-3H3,(H,35,39)(H,40,43)(H,36,37,38). The summed E-state index contributed by atoms with van der Waals surface area (Å²) in [6.07, 6.45) is 4.44. The smallest absolute Gasteiger partial charge is 0.407 e. The van der Waals surface area contributed by atoms with E-state index >= 15 is 0 Å². The van der Waals surface area contributed by atoms with E-state index in [-0.39, 0.29) is 17.9 Å². The molecule has 2 unspecified atom stereocenters. The van der Waals surface area contributed by atoms with Gasteiger partial charge in [-0.05, 0) is 59.7 Å². The number of nitrogens with zero attached hydrogens (tertiary/aromatic N) is 4. The van der Waals surface area contributed by atoms with Crippen molar-refractivity contribution in [2.45, 2.75) is 38.8 Å². The fourth-order valence-corrected chi connectivity index (χ4v) is 5.68. The second-order valence-corrected chi connectivity index (χ2v) is 11.3. The predicted molar refractivity (Wildman–Crippen MR) is 170 cm³/mol. The van der Waals surface area contributed by atoms with Crippen LogP contribution in [0, 0.1) is 5.92 Å². The number of carbonyl (C=O) groups is 2. The highest BCUT2D eigenvalue weighted by molar-refractivity contribution is 5.94. The molecule has 3 aromatic carbocycles. The predicted octanol–water partition coefficient (Wildman–Crippen LogP) is 6.47. The van der Waals surface area contributed by atoms with Gasteiger partial charge >= 0.3 is 6.09 Å². The van der Waals surface area contributed by atoms with Crippen molar-refractivity contribution in [3.05, 3.63) is 91.1 Å². The fraction of sp³-hybridized carbons (Fsp3) is 0.265. The SMILES string of the molecule is COC(=O)NC(C(=O)N1CCCC1c1ncc(-c2ccc(-c3ccc4ncnc(Nc5ccccc5)c4c3)cc2)[nH]1)C(C)C. The van der Waals surface area contributed by atoms with Crippen LogP contribution in [0.15, 0.2) is 85.3 Å². The molecule has 5 aromatic rings. The van der Waals surface area contributed by atoms with Gasteiger partial charge in [-0.2, -0.15) is 0 Å². The number of rotatable bonds is 8. The van der Waals surface area contributed by atoms with E-state index in [0.717, 1.165) is 63.5 Å². The van der Waals surface area contributed by atoms with Crippen LogP contribution in [0.2, 0.25) is 0 Å². The second kappa shape index (κ2) is 12.5. The largest absolute Gasteiger partial charge is 0.453 e. The lowest BCUT2D eigenvalue weighted by atomic mass is 10.0. The van der Waals surface area contributed by atoms with Gasteiger partial charge in [0.05, 0.1) is 30.6 Å². The van der Waals surface area contributed by atoms with Crippen LogP contribution >= 0.6 is 0 Å². The van der Waals surface area contributed by atoms with Gasteiger partial charge in [-0.15, -0.1) is 0 Å². The maximum Gasteiger partial charge on any atom is 0.407 e. The molecule has 1 fully saturated rings. The minimum absolute atomic E-state index is 0.0876. The Labute approximate surface area is 255 Å². The average molecular weight is 590 g/mol. The maximum absolute atomic E-state index is 13.5. The molecule has 0 spiro atoms. The number of hydrogen-bond acceptors (Lipinski definition) is 7. The highest BCUT2D eigenvalue weighted by Crippen LogP contribution is 2.34. The van der Waals surface area contributed by atoms with Gasteiger partial charge in [0.15, 0.2) is 0 Å². The number of nitrogens with one attached hydrogen (secondary N) is 3. The number of H-pyrrole nitrogens is 1. The van der Waals surface area contributed by atoms with Crippen LogP contribution in [0.4, 0.5) is 16.3 Å². The number of para-hydroxylation sites is 1. The number of fused-ring (bicyclic) bond motifs is 1. The van der Waals surface area contributed by atoms with E-state index in [4.69, 9.17) is 4.74 Å². The van der Waals surface area contributed by atoms with Gasteiger partial charge in [0, 0.05) is 17.6 Å². The molecule has 3 N–H and O–H groups in total. The van der Waals surface area contributed by atoms with Crippen LogP contribution in [0.1, 0.15) is 38.6 Å². The van der Waals surface area contributed by atoms with Gasteiger partial charge in [-0.25, -0.2) is 19.7 Å². The first-order valence-corrected chi connectivity index (χ1v) is 14.8. The molecular formula is C34H35N7O3. The Morgan fingerprint density at radius 2 is 1.70 bits per heavy atom. The van der Waals surface area contributed by atoms with Gasteiger partial charge in [0.2, 0.25) is 5.91 Å². The monoisotopic (exact) mass is 589 g/mol. The van der Waals surface area contributed by atoms with Crippen LogP contribution in [-0.2, 0) is 9.53 Å². The summed E-state index contributed by atoms with van der Waals surface area (Å²) in [6.45, 7) is 4.43. The van der Waals surface area contributed by atoms with Crippen LogP contribution in [0.3, 0.4) is 0 Å². The molecule has 1 saturated heterocycles. The van der Waals surface area contributed by atoms with E-state index in [2.05, 4.69) is 67.0 Å². The van der Waals surface area contributed by atoms with E-state index in [9.17, 15) is 9.59 Å². The minimum atomic E-state index is -0.670. The van der Waals surface area contributed by atoms with Gasteiger partial charge in [-0.3, -0.25) is 4.79 Å². The molecule has 2 amide bonds. The number of aromatic amines is 1. The quantitative estimate of drug-likeness (QED) is 0.189. The van der Waals surface area contributed by atoms with E-state index < -0.39 is 12.1 Å². The van der Waals surface area contributed by atoms with Crippen molar-refractivity contribution < 1.29 is 14.3 Å². The first-order valence-electron chi connectivity index (χ1n) is 14.8. The molecule has 1 aliphatic heterocycles. The normalized spacial score (nSPS) is 15.4. The van der Waals surface area contributed by atoms with E-state index in [1.165, 1.54) is 7.11 Å². The summed E-state index contributed by atoms with van der Waals surface area (Å²) in [4.78, 5) is 44.2. The number of aromatic nitrogens is 4. The van der Waals surface area contributed by atoms with Gasteiger partial charge in [-0.1, -0.05) is 62.4 Å². The molecule has 10 heteroatoms. The van der Waals surface area contributed by atoms with Crippen LogP contribution in [0.5, 0.6) is 0 Å². The van der Waals surface area contributed by atoms with Crippen LogP contribution in [0.25, 0.3) is 33.3 Å². The number of benzene rings is 3. The third kappa shape index (κ3) is 5.96. The van der Waals surface area contributed by atoms with E-state index in [1.54, 1.807) is 6.33 Å². The fourth-order valence-electron chi connectivity index (χ4n) is 5.68. The lowest BCUT2D eigenvalue weighted by Crippen LogP contribution is -2.51. The molecule has 1 aliphatic rings. The summed E-state index contributed by atoms with van der Waals surface area (Å²) in [5.74, 6) is 1.28. The molecule has 2 aromatic heterocycles. The Morgan fingerprint density at radius 3 is 2.45 bits per heavy atom. The number of carbonyl (C=O) groups excluding carboxylic acids is 2. The zero-order valence-electron chi connectivity index (χ0n) is 24.9. The van der Waals surface area contributed by atoms with Gasteiger partial charge < -0.3 is 25.3 Å². The Bertz CT molecular complexity index is 1770. The summed E-state index contributed by atoms with van der Waals surface area (Å²) in [5, 5.41) is 7.04. The van der Waals surface area contributed by atoms with Crippen LogP contribution < -0.4 is 10.6 Å². The number of methoxy groups -OCH3 is 1. The number of likely N-dealkylation sites (tertiary alicyclic amines) is 1. The topological polar surface area (TPSA) is 125 Å². The third-order valence-electron chi connectivity index (χ3n) is 8.04. The lowest BCUT2D eigenvalue weighted by molar-refractivity contribution is -0.135. The number of hydrogen-bond donors (Lipinski definition) is 3. The number of amides is 2. The van der Waals surface area contributed by atoms with E-state index in [0.29, 0.717) is 6.54 Å². The zero-order valence-corrected chi connectivity index (χ0v) is 24.9. The van der Waals surface area contributed by atoms with Crippen molar-refractivity contribution in [3.8, 4) is 22.4 Å². The Kier molecular flexibility index (Phi) is 8.23. The average Bonchev–Trinajstić information content (AvgIpc) is 3.74. The molecule has 6 rings (SSSR count). The first-order chi connectivity index (χ1) is 21.4. The number of anilines is 2. The number of alkyl carbamates (subject to hydrolysis) is 1. The summed E-state index contributed by atoms with van der Waals surface area (Å²) in [5.41, 5.74) is 5.82. The second-order valence-electron chi connectivity index (χ2n) is 11.3. The Hall–Kier alpha value is -5.25. The lowest BCUT2D eigenvalue weighted by Gasteiger charge is -2.30. The molecular weight excluding hydrogens is 554 g/mol. The number of ether oxygens (including phenoxy) is 1. The Morgan fingerprint density at radius 1 is 0.955 bits per heavy atom. The van der Waals surface area contributed by atoms with Crippen molar-refractivity contribution in [1.29, 1.82) is 0 Å². The number of imidazole rings is 1. The molecule has 2 atom stereocenters. The van der Waals surface area contributed by atoms with Crippen LogP contribution in [-0.4, -0.2) is 56.5 Å². The summed E-state index contributed by atoms with van der Waals surface area (Å²) in [6, 6.07) is 23.6. The summed E-state index contributed by atoms with van der Waals surface area (Å²) < 4.78 is 4.74. The zero-order chi connectivity index (χ0) is 30.6. The molecule has 224 valence electrons. The van der Waals surface area contributed by atoms with Crippen molar-refractivity contribution in [2.75, 3.05) is 19.0 Å². The van der Waals surface area contributed by atoms with Crippen molar-refractivity contribution >= 4 is 34.4 Å². The molecule has 0 aliphatic carbocycles. The molecule has 0 saturated carbocycles. The highest BCUT2D eigenvalue weighted by Gasteiger charge is 2.37. The molecule has 44 heavy (non-hydrogen) atoms. The minimum Gasteiger partial charge on any atom is -0.453 e. The van der Waals surface area contributed by atoms with Gasteiger partial charge in [0.1, 0.15) is 24.0 Å². The molecule has 3 heterocycles. The van der Waals surface area contributed by atoms with Crippen molar-refractivity contribution in [1.82, 2.24) is 30.2 Å². The summed E-state index contributed by atoms with van der Waals surface area (Å²) >= 11 is 0. The maximum atomic E-state index is 13.5. The highest BCUT2D eigenvalue weighted by atomic mass is 16.5. The Balaban J connectivity index is 1.20. The van der Waals surface area contributed by atoms with Gasteiger partial charge in [0.25, 0.3) is 0 Å². The van der Waals surface area contributed by atoms with Crippen molar-refractivity contribution in [3.63, 3.8) is 0 Å². The molecule has 10 nitrogen and oxygen atoms in total. The van der Waals surface area contributed by atoms with E-state index in [1.807, 2.05) is 61.3 Å². The molecule has 0 bridgehead atoms. The van der Waals surface area contributed by atoms with Crippen molar-refractivity contribution in [2.24, 2.45) is 5.92 Å².